The van der Waals surface area contributed by atoms with Crippen molar-refractivity contribution in [2.24, 2.45) is 11.0 Å². The Bertz CT molecular complexity index is 662. The fraction of sp³-hybridized carbons (Fsp3) is 0.125. The third kappa shape index (κ3) is 2.05. The zero-order valence-electron chi connectivity index (χ0n) is 11.2. The molecule has 0 saturated heterocycles. The Balaban J connectivity index is 1.99. The Labute approximate surface area is 117 Å². The van der Waals surface area contributed by atoms with Crippen molar-refractivity contribution in [3.05, 3.63) is 60.2 Å². The number of nitrogens with zero attached hydrogens (tertiary/aromatic N) is 2. The number of hydrazone groups is 1. The van der Waals surface area contributed by atoms with Gasteiger partial charge in [0.05, 0.1) is 17.3 Å². The van der Waals surface area contributed by atoms with E-state index in [1.165, 1.54) is 5.01 Å². The van der Waals surface area contributed by atoms with Gasteiger partial charge in [0.1, 0.15) is 0 Å². The lowest BCUT2D eigenvalue weighted by Crippen LogP contribution is -2.25. The SMILES string of the molecule is CC1C(=O)N(c2ccc(N)cc2)N=C1c1ccccc1. The van der Waals surface area contributed by atoms with Gasteiger partial charge in [0, 0.05) is 5.69 Å². The first-order valence-electron chi connectivity index (χ1n) is 6.50. The summed E-state index contributed by atoms with van der Waals surface area (Å²) in [6, 6.07) is 16.9. The van der Waals surface area contributed by atoms with Crippen molar-refractivity contribution in [2.45, 2.75) is 6.92 Å². The van der Waals surface area contributed by atoms with Gasteiger partial charge in [-0.3, -0.25) is 4.79 Å². The predicted octanol–water partition coefficient (Wildman–Crippen LogP) is 2.66. The van der Waals surface area contributed by atoms with Crippen molar-refractivity contribution in [2.75, 3.05) is 10.7 Å². The van der Waals surface area contributed by atoms with Crippen LogP contribution in [0.3, 0.4) is 0 Å². The molecule has 2 aromatic carbocycles. The number of anilines is 2. The van der Waals surface area contributed by atoms with Crippen molar-refractivity contribution in [1.82, 2.24) is 0 Å². The number of nitrogen functional groups attached to an aromatic ring is 1. The molecule has 1 amide bonds. The summed E-state index contributed by atoms with van der Waals surface area (Å²) in [5.74, 6) is -0.261. The molecular formula is C16H15N3O. The minimum Gasteiger partial charge on any atom is -0.399 e. The summed E-state index contributed by atoms with van der Waals surface area (Å²) in [4.78, 5) is 12.4. The van der Waals surface area contributed by atoms with Crippen LogP contribution >= 0.6 is 0 Å². The van der Waals surface area contributed by atoms with Gasteiger partial charge in [-0.2, -0.15) is 10.1 Å². The van der Waals surface area contributed by atoms with Gasteiger partial charge in [-0.1, -0.05) is 30.3 Å². The highest BCUT2D eigenvalue weighted by molar-refractivity contribution is 6.21. The second-order valence-electron chi connectivity index (χ2n) is 4.81. The van der Waals surface area contributed by atoms with Crippen LogP contribution in [0.2, 0.25) is 0 Å². The number of nitrogens with two attached hydrogens (primary N) is 1. The van der Waals surface area contributed by atoms with E-state index in [0.717, 1.165) is 17.0 Å². The Morgan fingerprint density at radius 3 is 2.35 bits per heavy atom. The van der Waals surface area contributed by atoms with E-state index in [-0.39, 0.29) is 11.8 Å². The molecule has 2 aromatic rings. The fourth-order valence-corrected chi connectivity index (χ4v) is 2.26. The molecule has 100 valence electrons. The summed E-state index contributed by atoms with van der Waals surface area (Å²) in [5.41, 5.74) is 8.85. The van der Waals surface area contributed by atoms with E-state index in [1.54, 1.807) is 24.3 Å². The molecule has 0 saturated carbocycles. The molecule has 4 nitrogen and oxygen atoms in total. The third-order valence-corrected chi connectivity index (χ3v) is 3.40. The largest absolute Gasteiger partial charge is 0.399 e. The summed E-state index contributed by atoms with van der Waals surface area (Å²) in [6.07, 6.45) is 0. The lowest BCUT2D eigenvalue weighted by Gasteiger charge is -2.12. The van der Waals surface area contributed by atoms with Crippen molar-refractivity contribution in [1.29, 1.82) is 0 Å². The number of carbonyl (C=O) groups excluding carboxylic acids is 1. The molecule has 0 radical (unpaired) electrons. The number of hydrogen-bond donors (Lipinski definition) is 1. The minimum absolute atomic E-state index is 0.0198. The van der Waals surface area contributed by atoms with Crippen LogP contribution in [-0.4, -0.2) is 11.6 Å². The van der Waals surface area contributed by atoms with Gasteiger partial charge in [0.15, 0.2) is 0 Å². The summed E-state index contributed by atoms with van der Waals surface area (Å²) >= 11 is 0. The van der Waals surface area contributed by atoms with E-state index < -0.39 is 0 Å². The zero-order valence-corrected chi connectivity index (χ0v) is 11.2. The maximum atomic E-state index is 12.4. The molecule has 1 aliphatic heterocycles. The number of benzene rings is 2. The number of rotatable bonds is 2. The molecule has 0 bridgehead atoms. The van der Waals surface area contributed by atoms with Crippen molar-refractivity contribution in [3.63, 3.8) is 0 Å². The van der Waals surface area contributed by atoms with E-state index in [9.17, 15) is 4.79 Å². The highest BCUT2D eigenvalue weighted by Gasteiger charge is 2.33. The van der Waals surface area contributed by atoms with E-state index in [2.05, 4.69) is 5.10 Å². The molecule has 0 aliphatic carbocycles. The highest BCUT2D eigenvalue weighted by Crippen LogP contribution is 2.26. The van der Waals surface area contributed by atoms with E-state index in [4.69, 9.17) is 5.73 Å². The van der Waals surface area contributed by atoms with Crippen LogP contribution in [0.1, 0.15) is 12.5 Å². The first-order valence-corrected chi connectivity index (χ1v) is 6.50. The van der Waals surface area contributed by atoms with Gasteiger partial charge in [-0.15, -0.1) is 0 Å². The molecule has 1 atom stereocenters. The van der Waals surface area contributed by atoms with Crippen LogP contribution in [0.25, 0.3) is 0 Å². The average molecular weight is 265 g/mol. The van der Waals surface area contributed by atoms with Gasteiger partial charge in [-0.05, 0) is 36.8 Å². The number of carbonyl (C=O) groups is 1. The highest BCUT2D eigenvalue weighted by atomic mass is 16.2. The number of amides is 1. The Kier molecular flexibility index (Phi) is 2.99. The topological polar surface area (TPSA) is 58.7 Å². The normalized spacial score (nSPS) is 18.2. The molecular weight excluding hydrogens is 250 g/mol. The molecule has 3 rings (SSSR count). The second kappa shape index (κ2) is 4.81. The monoisotopic (exact) mass is 265 g/mol. The van der Waals surface area contributed by atoms with Crippen molar-refractivity contribution < 1.29 is 4.79 Å². The number of hydrogen-bond acceptors (Lipinski definition) is 3. The average Bonchev–Trinajstić information content (AvgIpc) is 2.77. The molecule has 1 unspecified atom stereocenters. The first-order chi connectivity index (χ1) is 9.66. The van der Waals surface area contributed by atoms with Crippen LogP contribution in [-0.2, 0) is 4.79 Å². The van der Waals surface area contributed by atoms with Crippen LogP contribution in [0.4, 0.5) is 11.4 Å². The standard InChI is InChI=1S/C16H15N3O/c1-11-15(12-5-3-2-4-6-12)18-19(16(11)20)14-9-7-13(17)8-10-14/h2-11H,17H2,1H3. The second-order valence-corrected chi connectivity index (χ2v) is 4.81. The molecule has 2 N–H and O–H groups in total. The van der Waals surface area contributed by atoms with Crippen LogP contribution in [0.15, 0.2) is 59.7 Å². The Morgan fingerprint density at radius 2 is 1.70 bits per heavy atom. The molecule has 1 heterocycles. The Morgan fingerprint density at radius 1 is 1.05 bits per heavy atom. The lowest BCUT2D eigenvalue weighted by molar-refractivity contribution is -0.119. The smallest absolute Gasteiger partial charge is 0.256 e. The van der Waals surface area contributed by atoms with Crippen molar-refractivity contribution in [3.8, 4) is 0 Å². The van der Waals surface area contributed by atoms with Gasteiger partial charge in [0.2, 0.25) is 0 Å². The molecule has 0 fully saturated rings. The van der Waals surface area contributed by atoms with Gasteiger partial charge < -0.3 is 5.73 Å². The third-order valence-electron chi connectivity index (χ3n) is 3.40. The summed E-state index contributed by atoms with van der Waals surface area (Å²) in [5, 5.41) is 5.93. The van der Waals surface area contributed by atoms with Gasteiger partial charge in [-0.25, -0.2) is 0 Å². The maximum Gasteiger partial charge on any atom is 0.256 e. The van der Waals surface area contributed by atoms with E-state index in [0.29, 0.717) is 5.69 Å². The molecule has 1 aliphatic rings. The predicted molar refractivity (Wildman–Crippen MR) is 80.5 cm³/mol. The summed E-state index contributed by atoms with van der Waals surface area (Å²) in [6.45, 7) is 1.88. The fourth-order valence-electron chi connectivity index (χ4n) is 2.26. The maximum absolute atomic E-state index is 12.4. The van der Waals surface area contributed by atoms with Crippen molar-refractivity contribution >= 4 is 23.0 Å². The summed E-state index contributed by atoms with van der Waals surface area (Å²) in [7, 11) is 0. The quantitative estimate of drug-likeness (QED) is 0.849. The molecule has 20 heavy (non-hydrogen) atoms. The molecule has 0 spiro atoms. The van der Waals surface area contributed by atoms with E-state index >= 15 is 0 Å². The Hall–Kier alpha value is -2.62. The minimum atomic E-state index is -0.241. The lowest BCUT2D eigenvalue weighted by atomic mass is 9.99. The van der Waals surface area contributed by atoms with Crippen LogP contribution in [0, 0.1) is 5.92 Å². The van der Waals surface area contributed by atoms with E-state index in [1.807, 2.05) is 37.3 Å². The van der Waals surface area contributed by atoms with Crippen LogP contribution in [0.5, 0.6) is 0 Å². The van der Waals surface area contributed by atoms with Crippen LogP contribution < -0.4 is 10.7 Å². The molecule has 4 heteroatoms. The zero-order chi connectivity index (χ0) is 14.1. The summed E-state index contributed by atoms with van der Waals surface area (Å²) < 4.78 is 0. The molecule has 0 aromatic heterocycles. The van der Waals surface area contributed by atoms with Gasteiger partial charge >= 0.3 is 0 Å². The van der Waals surface area contributed by atoms with Gasteiger partial charge in [0.25, 0.3) is 5.91 Å². The first kappa shape index (κ1) is 12.4.